The monoisotopic (exact) mass is 576 g/mol. The Morgan fingerprint density at radius 2 is 1.45 bits per heavy atom. The summed E-state index contributed by atoms with van der Waals surface area (Å²) in [6.07, 6.45) is 2.16. The quantitative estimate of drug-likeness (QED) is 0.310. The van der Waals surface area contributed by atoms with Crippen molar-refractivity contribution in [3.63, 3.8) is 0 Å². The van der Waals surface area contributed by atoms with E-state index in [-0.39, 0.29) is 17.7 Å². The number of amides is 3. The zero-order valence-electron chi connectivity index (χ0n) is 23.0. The Morgan fingerprint density at radius 1 is 0.810 bits per heavy atom. The fourth-order valence-corrected chi connectivity index (χ4v) is 5.94. The minimum atomic E-state index is -0.289. The summed E-state index contributed by atoms with van der Waals surface area (Å²) in [6.45, 7) is 3.61. The fourth-order valence-electron chi connectivity index (χ4n) is 5.06. The molecule has 2 aromatic heterocycles. The van der Waals surface area contributed by atoms with Crippen LogP contribution in [0.5, 0.6) is 0 Å². The maximum Gasteiger partial charge on any atom is 0.258 e. The van der Waals surface area contributed by atoms with E-state index in [2.05, 4.69) is 14.7 Å². The summed E-state index contributed by atoms with van der Waals surface area (Å²) < 4.78 is 4.43. The van der Waals surface area contributed by atoms with Crippen LogP contribution in [0.1, 0.15) is 47.3 Å². The third kappa shape index (κ3) is 5.75. The van der Waals surface area contributed by atoms with Crippen LogP contribution in [-0.2, 0) is 6.42 Å². The molecule has 3 amide bonds. The van der Waals surface area contributed by atoms with Gasteiger partial charge in [0, 0.05) is 60.5 Å². The number of anilines is 1. The van der Waals surface area contributed by atoms with Crippen molar-refractivity contribution in [3.05, 3.63) is 118 Å². The van der Waals surface area contributed by atoms with Crippen LogP contribution in [0.3, 0.4) is 0 Å². The number of benzene rings is 3. The van der Waals surface area contributed by atoms with Crippen LogP contribution in [0, 0.1) is 6.92 Å². The maximum atomic E-state index is 13.4. The summed E-state index contributed by atoms with van der Waals surface area (Å²) in [5.41, 5.74) is 5.15. The first-order chi connectivity index (χ1) is 20.5. The van der Waals surface area contributed by atoms with Gasteiger partial charge in [-0.1, -0.05) is 36.4 Å². The molecule has 0 saturated carbocycles. The molecule has 3 heterocycles. The molecular formula is C32H28N6O3S. The van der Waals surface area contributed by atoms with Gasteiger partial charge in [0.25, 0.3) is 17.7 Å². The van der Waals surface area contributed by atoms with Crippen molar-refractivity contribution < 1.29 is 14.4 Å². The maximum absolute atomic E-state index is 13.4. The zero-order valence-corrected chi connectivity index (χ0v) is 23.8. The SMILES string of the molecule is Cc1nsc(Cc2cnc3ccccc3n2)c1C(=O)Nc1cccc(C(=O)N2CCN(C(=O)c3ccccc3)CC2)c1. The van der Waals surface area contributed by atoms with Crippen LogP contribution >= 0.6 is 11.5 Å². The third-order valence-electron chi connectivity index (χ3n) is 7.24. The van der Waals surface area contributed by atoms with E-state index >= 15 is 0 Å². The molecule has 0 bridgehead atoms. The number of nitrogens with zero attached hydrogens (tertiary/aromatic N) is 5. The molecule has 0 aliphatic carbocycles. The van der Waals surface area contributed by atoms with E-state index in [1.165, 1.54) is 11.5 Å². The second kappa shape index (κ2) is 11.9. The molecule has 10 heteroatoms. The predicted octanol–water partition coefficient (Wildman–Crippen LogP) is 4.84. The van der Waals surface area contributed by atoms with Crippen LogP contribution in [0.25, 0.3) is 11.0 Å². The Bertz CT molecular complexity index is 1780. The molecule has 0 atom stereocenters. The first-order valence-corrected chi connectivity index (χ1v) is 14.4. The van der Waals surface area contributed by atoms with Gasteiger partial charge in [0.15, 0.2) is 0 Å². The summed E-state index contributed by atoms with van der Waals surface area (Å²) in [5, 5.41) is 2.95. The summed E-state index contributed by atoms with van der Waals surface area (Å²) >= 11 is 1.28. The standard InChI is InChI=1S/C32H28N6O3S/c1-21-29(28(42-36-21)19-25-20-33-26-12-5-6-13-27(26)34-25)30(39)35-24-11-7-10-23(18-24)32(41)38-16-14-37(15-17-38)31(40)22-8-3-2-4-9-22/h2-13,18,20H,14-17,19H2,1H3,(H,35,39). The number of hydrogen-bond donors (Lipinski definition) is 1. The topological polar surface area (TPSA) is 108 Å². The Morgan fingerprint density at radius 3 is 2.19 bits per heavy atom. The molecule has 1 fully saturated rings. The number of piperazine rings is 1. The number of hydrogen-bond acceptors (Lipinski definition) is 7. The average molecular weight is 577 g/mol. The molecule has 3 aromatic carbocycles. The number of aromatic nitrogens is 3. The number of carbonyl (C=O) groups excluding carboxylic acids is 3. The molecule has 1 N–H and O–H groups in total. The average Bonchev–Trinajstić information content (AvgIpc) is 3.40. The van der Waals surface area contributed by atoms with Crippen molar-refractivity contribution in [2.45, 2.75) is 13.3 Å². The van der Waals surface area contributed by atoms with Gasteiger partial charge in [-0.15, -0.1) is 0 Å². The minimum absolute atomic E-state index is 0.0300. The second-order valence-corrected chi connectivity index (χ2v) is 10.9. The Balaban J connectivity index is 1.11. The lowest BCUT2D eigenvalue weighted by atomic mass is 10.1. The third-order valence-corrected chi connectivity index (χ3v) is 8.18. The van der Waals surface area contributed by atoms with Crippen molar-refractivity contribution in [2.75, 3.05) is 31.5 Å². The highest BCUT2D eigenvalue weighted by molar-refractivity contribution is 7.06. The lowest BCUT2D eigenvalue weighted by Crippen LogP contribution is -2.50. The van der Waals surface area contributed by atoms with Gasteiger partial charge in [-0.25, -0.2) is 4.98 Å². The highest BCUT2D eigenvalue weighted by Gasteiger charge is 2.26. The van der Waals surface area contributed by atoms with Gasteiger partial charge < -0.3 is 15.1 Å². The minimum Gasteiger partial charge on any atom is -0.335 e. The van der Waals surface area contributed by atoms with Gasteiger partial charge in [-0.05, 0) is 60.9 Å². The van der Waals surface area contributed by atoms with E-state index in [4.69, 9.17) is 4.98 Å². The molecule has 9 nitrogen and oxygen atoms in total. The van der Waals surface area contributed by atoms with Gasteiger partial charge in [-0.2, -0.15) is 4.37 Å². The molecule has 0 unspecified atom stereocenters. The molecular weight excluding hydrogens is 548 g/mol. The summed E-state index contributed by atoms with van der Waals surface area (Å²) in [5.74, 6) is -0.456. The van der Waals surface area contributed by atoms with E-state index in [1.54, 1.807) is 52.4 Å². The number of fused-ring (bicyclic) bond motifs is 1. The van der Waals surface area contributed by atoms with Gasteiger partial charge in [-0.3, -0.25) is 19.4 Å². The van der Waals surface area contributed by atoms with Crippen molar-refractivity contribution >= 4 is 46.0 Å². The van der Waals surface area contributed by atoms with Gasteiger partial charge >= 0.3 is 0 Å². The largest absolute Gasteiger partial charge is 0.335 e. The van der Waals surface area contributed by atoms with Gasteiger partial charge in [0.05, 0.1) is 28.0 Å². The number of nitrogens with one attached hydrogen (secondary N) is 1. The van der Waals surface area contributed by atoms with Crippen molar-refractivity contribution in [2.24, 2.45) is 0 Å². The van der Waals surface area contributed by atoms with E-state index in [9.17, 15) is 14.4 Å². The van der Waals surface area contributed by atoms with Gasteiger partial charge in [0.1, 0.15) is 0 Å². The van der Waals surface area contributed by atoms with E-state index in [0.29, 0.717) is 60.7 Å². The first-order valence-electron chi connectivity index (χ1n) is 13.7. The number of para-hydroxylation sites is 2. The Kier molecular flexibility index (Phi) is 7.70. The number of rotatable bonds is 6. The van der Waals surface area contributed by atoms with Crippen molar-refractivity contribution in [1.29, 1.82) is 0 Å². The molecule has 0 radical (unpaired) electrons. The summed E-state index contributed by atoms with van der Waals surface area (Å²) in [4.78, 5) is 53.0. The molecule has 42 heavy (non-hydrogen) atoms. The Labute approximate surface area is 247 Å². The zero-order chi connectivity index (χ0) is 29.1. The van der Waals surface area contributed by atoms with Crippen LogP contribution < -0.4 is 5.32 Å². The molecule has 5 aromatic rings. The highest BCUT2D eigenvalue weighted by atomic mass is 32.1. The second-order valence-electron chi connectivity index (χ2n) is 10.1. The smallest absolute Gasteiger partial charge is 0.258 e. The number of carbonyl (C=O) groups is 3. The van der Waals surface area contributed by atoms with Crippen LogP contribution in [0.4, 0.5) is 5.69 Å². The molecule has 1 aliphatic rings. The lowest BCUT2D eigenvalue weighted by Gasteiger charge is -2.35. The van der Waals surface area contributed by atoms with Crippen LogP contribution in [0.15, 0.2) is 85.1 Å². The number of aryl methyl sites for hydroxylation is 1. The molecule has 210 valence electrons. The normalized spacial score (nSPS) is 13.3. The van der Waals surface area contributed by atoms with E-state index < -0.39 is 0 Å². The summed E-state index contributed by atoms with van der Waals surface area (Å²) in [7, 11) is 0. The molecule has 0 spiro atoms. The van der Waals surface area contributed by atoms with E-state index in [1.807, 2.05) is 49.4 Å². The van der Waals surface area contributed by atoms with Crippen LogP contribution in [-0.4, -0.2) is 68.0 Å². The molecule has 1 saturated heterocycles. The van der Waals surface area contributed by atoms with E-state index in [0.717, 1.165) is 21.6 Å². The summed E-state index contributed by atoms with van der Waals surface area (Å²) in [6, 6.07) is 23.8. The van der Waals surface area contributed by atoms with Crippen LogP contribution in [0.2, 0.25) is 0 Å². The van der Waals surface area contributed by atoms with Crippen molar-refractivity contribution in [3.8, 4) is 0 Å². The Hall–Kier alpha value is -4.96. The molecule has 1 aliphatic heterocycles. The molecule has 6 rings (SSSR count). The predicted molar refractivity (Wildman–Crippen MR) is 162 cm³/mol. The van der Waals surface area contributed by atoms with Gasteiger partial charge in [0.2, 0.25) is 0 Å². The van der Waals surface area contributed by atoms with Crippen molar-refractivity contribution in [1.82, 2.24) is 24.1 Å². The fraction of sp³-hybridized carbons (Fsp3) is 0.188. The highest BCUT2D eigenvalue weighted by Crippen LogP contribution is 2.24. The first kappa shape index (κ1) is 27.2. The lowest BCUT2D eigenvalue weighted by molar-refractivity contribution is 0.0535.